The third-order valence-corrected chi connectivity index (χ3v) is 3.14. The van der Waals surface area contributed by atoms with Crippen LogP contribution in [-0.2, 0) is 16.0 Å². The molecule has 0 heterocycles. The van der Waals surface area contributed by atoms with Crippen molar-refractivity contribution in [2.24, 2.45) is 5.92 Å². The summed E-state index contributed by atoms with van der Waals surface area (Å²) in [4.78, 5) is 23.0. The molecule has 0 saturated heterocycles. The summed E-state index contributed by atoms with van der Waals surface area (Å²) in [6.07, 6.45) is 2.25. The van der Waals surface area contributed by atoms with E-state index in [0.29, 0.717) is 18.7 Å². The van der Waals surface area contributed by atoms with Gasteiger partial charge in [0.25, 0.3) is 0 Å². The van der Waals surface area contributed by atoms with Crippen molar-refractivity contribution in [3.63, 3.8) is 0 Å². The Hall–Kier alpha value is -2.35. The fourth-order valence-electron chi connectivity index (χ4n) is 1.82. The van der Waals surface area contributed by atoms with E-state index in [2.05, 4.69) is 10.6 Å². The lowest BCUT2D eigenvalue weighted by Gasteiger charge is -2.06. The van der Waals surface area contributed by atoms with Gasteiger partial charge in [-0.05, 0) is 30.5 Å². The highest BCUT2D eigenvalue weighted by atomic mass is 16.2. The quantitative estimate of drug-likeness (QED) is 0.749. The first-order valence-corrected chi connectivity index (χ1v) is 6.72. The molecule has 1 aliphatic rings. The van der Waals surface area contributed by atoms with Gasteiger partial charge >= 0.3 is 0 Å². The monoisotopic (exact) mass is 271 g/mol. The van der Waals surface area contributed by atoms with Crippen LogP contribution in [0.3, 0.4) is 0 Å². The Morgan fingerprint density at radius 1 is 1.15 bits per heavy atom. The predicted octanol–water partition coefficient (Wildman–Crippen LogP) is 0.743. The first-order valence-electron chi connectivity index (χ1n) is 6.72. The molecular formula is C15H17N3O2. The van der Waals surface area contributed by atoms with Crippen molar-refractivity contribution in [2.75, 3.05) is 13.1 Å². The summed E-state index contributed by atoms with van der Waals surface area (Å²) in [7, 11) is 0. The van der Waals surface area contributed by atoms with E-state index in [1.165, 1.54) is 0 Å². The summed E-state index contributed by atoms with van der Waals surface area (Å²) in [5.41, 5.74) is 1.44. The molecule has 5 nitrogen and oxygen atoms in total. The SMILES string of the molecule is N#Cc1ccc(CC(=O)NCCNC(=O)C2CC2)cc1. The van der Waals surface area contributed by atoms with Crippen molar-refractivity contribution in [2.45, 2.75) is 19.3 Å². The van der Waals surface area contributed by atoms with E-state index in [0.717, 1.165) is 18.4 Å². The van der Waals surface area contributed by atoms with E-state index in [4.69, 9.17) is 5.26 Å². The molecule has 0 aromatic heterocycles. The number of nitrogens with zero attached hydrogens (tertiary/aromatic N) is 1. The highest BCUT2D eigenvalue weighted by Gasteiger charge is 2.28. The van der Waals surface area contributed by atoms with Crippen molar-refractivity contribution in [3.8, 4) is 6.07 Å². The fourth-order valence-corrected chi connectivity index (χ4v) is 1.82. The number of carbonyl (C=O) groups excluding carboxylic acids is 2. The molecule has 20 heavy (non-hydrogen) atoms. The Morgan fingerprint density at radius 2 is 1.80 bits per heavy atom. The second-order valence-corrected chi connectivity index (χ2v) is 4.90. The third kappa shape index (κ3) is 4.39. The molecule has 1 aliphatic carbocycles. The molecule has 0 radical (unpaired) electrons. The van der Waals surface area contributed by atoms with Crippen LogP contribution >= 0.6 is 0 Å². The van der Waals surface area contributed by atoms with E-state index in [1.807, 2.05) is 6.07 Å². The first kappa shape index (κ1) is 14.1. The summed E-state index contributed by atoms with van der Waals surface area (Å²) < 4.78 is 0. The van der Waals surface area contributed by atoms with Crippen LogP contribution in [0, 0.1) is 17.2 Å². The van der Waals surface area contributed by atoms with Gasteiger partial charge in [0.1, 0.15) is 0 Å². The fraction of sp³-hybridized carbons (Fsp3) is 0.400. The van der Waals surface area contributed by atoms with Crippen LogP contribution in [0.5, 0.6) is 0 Å². The van der Waals surface area contributed by atoms with Gasteiger partial charge in [-0.15, -0.1) is 0 Å². The summed E-state index contributed by atoms with van der Waals surface area (Å²) >= 11 is 0. The second-order valence-electron chi connectivity index (χ2n) is 4.90. The van der Waals surface area contributed by atoms with Crippen LogP contribution in [0.15, 0.2) is 24.3 Å². The number of hydrogen-bond acceptors (Lipinski definition) is 3. The summed E-state index contributed by atoms with van der Waals surface area (Å²) in [5, 5.41) is 14.2. The van der Waals surface area contributed by atoms with E-state index >= 15 is 0 Å². The minimum Gasteiger partial charge on any atom is -0.354 e. The van der Waals surface area contributed by atoms with Crippen LogP contribution in [-0.4, -0.2) is 24.9 Å². The zero-order valence-electron chi connectivity index (χ0n) is 11.2. The Labute approximate surface area is 118 Å². The van der Waals surface area contributed by atoms with Crippen LogP contribution in [0.4, 0.5) is 0 Å². The summed E-state index contributed by atoms with van der Waals surface area (Å²) in [6, 6.07) is 8.96. The lowest BCUT2D eigenvalue weighted by atomic mass is 10.1. The van der Waals surface area contributed by atoms with Crippen LogP contribution < -0.4 is 10.6 Å². The molecule has 0 atom stereocenters. The van der Waals surface area contributed by atoms with Crippen LogP contribution in [0.25, 0.3) is 0 Å². The van der Waals surface area contributed by atoms with Gasteiger partial charge in [0, 0.05) is 19.0 Å². The minimum atomic E-state index is -0.0876. The number of hydrogen-bond donors (Lipinski definition) is 2. The van der Waals surface area contributed by atoms with Gasteiger partial charge in [-0.1, -0.05) is 12.1 Å². The van der Waals surface area contributed by atoms with Crippen molar-refractivity contribution in [1.82, 2.24) is 10.6 Å². The topological polar surface area (TPSA) is 82.0 Å². The van der Waals surface area contributed by atoms with Crippen LogP contribution in [0.2, 0.25) is 0 Å². The zero-order chi connectivity index (χ0) is 14.4. The molecule has 1 saturated carbocycles. The van der Waals surface area contributed by atoms with Gasteiger partial charge in [-0.25, -0.2) is 0 Å². The van der Waals surface area contributed by atoms with Gasteiger partial charge < -0.3 is 10.6 Å². The van der Waals surface area contributed by atoms with Gasteiger partial charge in [-0.3, -0.25) is 9.59 Å². The Kier molecular flexibility index (Phi) is 4.72. The number of benzene rings is 1. The lowest BCUT2D eigenvalue weighted by molar-refractivity contribution is -0.123. The van der Waals surface area contributed by atoms with Crippen molar-refractivity contribution >= 4 is 11.8 Å². The zero-order valence-corrected chi connectivity index (χ0v) is 11.2. The number of nitriles is 1. The Balaban J connectivity index is 1.64. The third-order valence-electron chi connectivity index (χ3n) is 3.14. The smallest absolute Gasteiger partial charge is 0.224 e. The molecular weight excluding hydrogens is 254 g/mol. The minimum absolute atomic E-state index is 0.0876. The molecule has 0 bridgehead atoms. The number of carbonyl (C=O) groups is 2. The normalized spacial score (nSPS) is 13.3. The van der Waals surface area contributed by atoms with E-state index in [9.17, 15) is 9.59 Å². The molecule has 1 fully saturated rings. The van der Waals surface area contributed by atoms with Crippen molar-refractivity contribution in [1.29, 1.82) is 5.26 Å². The van der Waals surface area contributed by atoms with Gasteiger partial charge in [-0.2, -0.15) is 5.26 Å². The molecule has 2 rings (SSSR count). The molecule has 0 spiro atoms. The van der Waals surface area contributed by atoms with Gasteiger partial charge in [0.15, 0.2) is 0 Å². The number of rotatable bonds is 6. The molecule has 5 heteroatoms. The maximum absolute atomic E-state index is 11.7. The van der Waals surface area contributed by atoms with E-state index in [-0.39, 0.29) is 24.2 Å². The van der Waals surface area contributed by atoms with E-state index < -0.39 is 0 Å². The van der Waals surface area contributed by atoms with Crippen molar-refractivity contribution < 1.29 is 9.59 Å². The average molecular weight is 271 g/mol. The molecule has 0 unspecified atom stereocenters. The van der Waals surface area contributed by atoms with Crippen LogP contribution in [0.1, 0.15) is 24.0 Å². The molecule has 104 valence electrons. The second kappa shape index (κ2) is 6.71. The van der Waals surface area contributed by atoms with Crippen molar-refractivity contribution in [3.05, 3.63) is 35.4 Å². The lowest BCUT2D eigenvalue weighted by Crippen LogP contribution is -2.35. The highest BCUT2D eigenvalue weighted by molar-refractivity contribution is 5.81. The molecule has 0 aliphatic heterocycles. The average Bonchev–Trinajstić information content (AvgIpc) is 3.29. The largest absolute Gasteiger partial charge is 0.354 e. The molecule has 2 N–H and O–H groups in total. The maximum atomic E-state index is 11.7. The van der Waals surface area contributed by atoms with Gasteiger partial charge in [0.2, 0.25) is 11.8 Å². The molecule has 2 amide bonds. The first-order chi connectivity index (χ1) is 9.69. The maximum Gasteiger partial charge on any atom is 0.224 e. The summed E-state index contributed by atoms with van der Waals surface area (Å²) in [6.45, 7) is 0.905. The number of nitrogens with one attached hydrogen (secondary N) is 2. The van der Waals surface area contributed by atoms with E-state index in [1.54, 1.807) is 24.3 Å². The highest BCUT2D eigenvalue weighted by Crippen LogP contribution is 2.28. The van der Waals surface area contributed by atoms with Gasteiger partial charge in [0.05, 0.1) is 18.1 Å². The Bertz CT molecular complexity index is 527. The predicted molar refractivity (Wildman–Crippen MR) is 73.6 cm³/mol. The Morgan fingerprint density at radius 3 is 2.40 bits per heavy atom. The number of amides is 2. The summed E-state index contributed by atoms with van der Waals surface area (Å²) in [5.74, 6) is 0.200. The molecule has 1 aromatic rings. The molecule has 1 aromatic carbocycles. The standard InChI is InChI=1S/C15H17N3O2/c16-10-12-3-1-11(2-4-12)9-14(19)17-7-8-18-15(20)13-5-6-13/h1-4,13H,5-9H2,(H,17,19)(H,18,20).